The Balaban J connectivity index is 2.04. The van der Waals surface area contributed by atoms with E-state index in [1.54, 1.807) is 42.5 Å². The summed E-state index contributed by atoms with van der Waals surface area (Å²) in [6.07, 6.45) is 0. The molecule has 0 unspecified atom stereocenters. The molecular weight excluding hydrogens is 371 g/mol. The maximum atomic E-state index is 12.1. The number of nitrogens with zero attached hydrogens (tertiary/aromatic N) is 1. The predicted molar refractivity (Wildman–Crippen MR) is 98.3 cm³/mol. The molecule has 0 aliphatic rings. The van der Waals surface area contributed by atoms with Gasteiger partial charge in [-0.2, -0.15) is 0 Å². The van der Waals surface area contributed by atoms with E-state index in [0.717, 1.165) is 0 Å². The quantitative estimate of drug-likeness (QED) is 0.827. The fourth-order valence-electron chi connectivity index (χ4n) is 2.17. The standard InChI is InChI=1S/C17H15Cl3N2O2/c1-11(23)22(16-7-6-12(18)10-15(16)20)9-8-21-17(24)13-4-2-3-5-14(13)19/h2-7,10H,8-9H2,1H3,(H,21,24). The zero-order valence-electron chi connectivity index (χ0n) is 12.9. The minimum absolute atomic E-state index is 0.189. The third-order valence-electron chi connectivity index (χ3n) is 3.32. The Labute approximate surface area is 155 Å². The number of benzene rings is 2. The lowest BCUT2D eigenvalue weighted by molar-refractivity contribution is -0.116. The number of rotatable bonds is 5. The smallest absolute Gasteiger partial charge is 0.252 e. The van der Waals surface area contributed by atoms with Gasteiger partial charge in [-0.3, -0.25) is 9.59 Å². The SMILES string of the molecule is CC(=O)N(CCNC(=O)c1ccccc1Cl)c1ccc(Cl)cc1Cl. The second-order valence-corrected chi connectivity index (χ2v) is 6.25. The van der Waals surface area contributed by atoms with E-state index < -0.39 is 0 Å². The van der Waals surface area contributed by atoms with Crippen LogP contribution in [-0.2, 0) is 4.79 Å². The number of hydrogen-bond donors (Lipinski definition) is 1. The molecule has 0 saturated carbocycles. The van der Waals surface area contributed by atoms with E-state index in [9.17, 15) is 9.59 Å². The van der Waals surface area contributed by atoms with Crippen molar-refractivity contribution in [1.82, 2.24) is 5.32 Å². The molecule has 0 heterocycles. The van der Waals surface area contributed by atoms with Crippen LogP contribution in [0.5, 0.6) is 0 Å². The molecular formula is C17H15Cl3N2O2. The normalized spacial score (nSPS) is 10.3. The van der Waals surface area contributed by atoms with Gasteiger partial charge in [0.25, 0.3) is 5.91 Å². The molecule has 1 N–H and O–H groups in total. The van der Waals surface area contributed by atoms with Gasteiger partial charge < -0.3 is 10.2 Å². The van der Waals surface area contributed by atoms with Gasteiger partial charge in [0.15, 0.2) is 0 Å². The Morgan fingerprint density at radius 2 is 1.75 bits per heavy atom. The Morgan fingerprint density at radius 1 is 1.04 bits per heavy atom. The van der Waals surface area contributed by atoms with E-state index in [1.165, 1.54) is 11.8 Å². The van der Waals surface area contributed by atoms with Crippen LogP contribution in [0.2, 0.25) is 15.1 Å². The molecule has 126 valence electrons. The van der Waals surface area contributed by atoms with Gasteiger partial charge in [-0.15, -0.1) is 0 Å². The van der Waals surface area contributed by atoms with Gasteiger partial charge in [0.2, 0.25) is 5.91 Å². The first kappa shape index (κ1) is 18.6. The summed E-state index contributed by atoms with van der Waals surface area (Å²) < 4.78 is 0. The molecule has 0 fully saturated rings. The third kappa shape index (κ3) is 4.63. The molecule has 0 spiro atoms. The highest BCUT2D eigenvalue weighted by atomic mass is 35.5. The van der Waals surface area contributed by atoms with Gasteiger partial charge in [0.05, 0.1) is 21.3 Å². The highest BCUT2D eigenvalue weighted by Crippen LogP contribution is 2.28. The number of amides is 2. The molecule has 4 nitrogen and oxygen atoms in total. The van der Waals surface area contributed by atoms with E-state index in [-0.39, 0.29) is 24.9 Å². The van der Waals surface area contributed by atoms with Crippen LogP contribution in [-0.4, -0.2) is 24.9 Å². The van der Waals surface area contributed by atoms with Crippen LogP contribution in [0.3, 0.4) is 0 Å². The Kier molecular flexibility index (Phi) is 6.49. The molecule has 2 amide bonds. The summed E-state index contributed by atoms with van der Waals surface area (Å²) >= 11 is 18.0. The van der Waals surface area contributed by atoms with Crippen molar-refractivity contribution in [2.45, 2.75) is 6.92 Å². The van der Waals surface area contributed by atoms with Crippen LogP contribution in [0.25, 0.3) is 0 Å². The average Bonchev–Trinajstić information content (AvgIpc) is 2.52. The summed E-state index contributed by atoms with van der Waals surface area (Å²) in [6.45, 7) is 1.95. The largest absolute Gasteiger partial charge is 0.350 e. The number of halogens is 3. The highest BCUT2D eigenvalue weighted by Gasteiger charge is 2.16. The van der Waals surface area contributed by atoms with Crippen molar-refractivity contribution in [2.24, 2.45) is 0 Å². The first-order chi connectivity index (χ1) is 11.4. The zero-order chi connectivity index (χ0) is 17.7. The molecule has 0 aromatic heterocycles. The van der Waals surface area contributed by atoms with E-state index in [1.807, 2.05) is 0 Å². The van der Waals surface area contributed by atoms with Crippen molar-refractivity contribution in [3.05, 3.63) is 63.1 Å². The number of carbonyl (C=O) groups excluding carboxylic acids is 2. The van der Waals surface area contributed by atoms with Gasteiger partial charge in [-0.05, 0) is 30.3 Å². The minimum atomic E-state index is -0.300. The molecule has 0 atom stereocenters. The second-order valence-electron chi connectivity index (χ2n) is 5.00. The first-order valence-corrected chi connectivity index (χ1v) is 8.29. The summed E-state index contributed by atoms with van der Waals surface area (Å²) in [6, 6.07) is 11.7. The molecule has 0 aliphatic heterocycles. The molecule has 24 heavy (non-hydrogen) atoms. The number of hydrogen-bond acceptors (Lipinski definition) is 2. The fraction of sp³-hybridized carbons (Fsp3) is 0.176. The third-order valence-corrected chi connectivity index (χ3v) is 4.19. The van der Waals surface area contributed by atoms with E-state index in [4.69, 9.17) is 34.8 Å². The predicted octanol–water partition coefficient (Wildman–Crippen LogP) is 4.43. The van der Waals surface area contributed by atoms with Crippen LogP contribution in [0.1, 0.15) is 17.3 Å². The monoisotopic (exact) mass is 384 g/mol. The summed E-state index contributed by atoms with van der Waals surface area (Å²) in [5.74, 6) is -0.488. The van der Waals surface area contributed by atoms with Gasteiger partial charge in [-0.25, -0.2) is 0 Å². The number of anilines is 1. The minimum Gasteiger partial charge on any atom is -0.350 e. The molecule has 2 aromatic rings. The van der Waals surface area contributed by atoms with Crippen molar-refractivity contribution < 1.29 is 9.59 Å². The van der Waals surface area contributed by atoms with Gasteiger partial charge in [-0.1, -0.05) is 46.9 Å². The lowest BCUT2D eigenvalue weighted by atomic mass is 10.2. The number of nitrogens with one attached hydrogen (secondary N) is 1. The topological polar surface area (TPSA) is 49.4 Å². The molecule has 7 heteroatoms. The van der Waals surface area contributed by atoms with Gasteiger partial charge in [0.1, 0.15) is 0 Å². The molecule has 0 aliphatic carbocycles. The maximum Gasteiger partial charge on any atom is 0.252 e. The summed E-state index contributed by atoms with van der Waals surface area (Å²) in [4.78, 5) is 25.5. The van der Waals surface area contributed by atoms with Crippen molar-refractivity contribution in [3.8, 4) is 0 Å². The number of carbonyl (C=O) groups is 2. The summed E-state index contributed by atoms with van der Waals surface area (Å²) in [5, 5.41) is 3.97. The van der Waals surface area contributed by atoms with E-state index in [0.29, 0.717) is 26.3 Å². The van der Waals surface area contributed by atoms with Gasteiger partial charge in [0, 0.05) is 25.0 Å². The lowest BCUT2D eigenvalue weighted by Crippen LogP contribution is -2.37. The van der Waals surface area contributed by atoms with Crippen LogP contribution in [0.15, 0.2) is 42.5 Å². The molecule has 2 aromatic carbocycles. The molecule has 0 saturated heterocycles. The average molecular weight is 386 g/mol. The first-order valence-electron chi connectivity index (χ1n) is 7.16. The Hall–Kier alpha value is -1.75. The fourth-order valence-corrected chi connectivity index (χ4v) is 2.90. The van der Waals surface area contributed by atoms with Crippen molar-refractivity contribution in [2.75, 3.05) is 18.0 Å². The Morgan fingerprint density at radius 3 is 2.38 bits per heavy atom. The van der Waals surface area contributed by atoms with Crippen LogP contribution in [0, 0.1) is 0 Å². The highest BCUT2D eigenvalue weighted by molar-refractivity contribution is 6.36. The maximum absolute atomic E-state index is 12.1. The second kappa shape index (κ2) is 8.38. The van der Waals surface area contributed by atoms with Crippen molar-refractivity contribution >= 4 is 52.3 Å². The Bertz CT molecular complexity index is 765. The summed E-state index contributed by atoms with van der Waals surface area (Å²) in [7, 11) is 0. The van der Waals surface area contributed by atoms with Crippen molar-refractivity contribution in [3.63, 3.8) is 0 Å². The molecule has 0 radical (unpaired) electrons. The van der Waals surface area contributed by atoms with Crippen LogP contribution < -0.4 is 10.2 Å². The van der Waals surface area contributed by atoms with Crippen LogP contribution >= 0.6 is 34.8 Å². The zero-order valence-corrected chi connectivity index (χ0v) is 15.1. The lowest BCUT2D eigenvalue weighted by Gasteiger charge is -2.22. The van der Waals surface area contributed by atoms with E-state index >= 15 is 0 Å². The van der Waals surface area contributed by atoms with Gasteiger partial charge >= 0.3 is 0 Å². The van der Waals surface area contributed by atoms with Crippen LogP contribution in [0.4, 0.5) is 5.69 Å². The summed E-state index contributed by atoms with van der Waals surface area (Å²) in [5.41, 5.74) is 0.929. The molecule has 2 rings (SSSR count). The van der Waals surface area contributed by atoms with Crippen molar-refractivity contribution in [1.29, 1.82) is 0 Å². The van der Waals surface area contributed by atoms with E-state index in [2.05, 4.69) is 5.32 Å². The molecule has 0 bridgehead atoms.